The highest BCUT2D eigenvalue weighted by molar-refractivity contribution is 5.70. The molecule has 0 bridgehead atoms. The minimum absolute atomic E-state index is 0.279. The van der Waals surface area contributed by atoms with Crippen LogP contribution in [0.2, 0.25) is 0 Å². The highest BCUT2D eigenvalue weighted by Crippen LogP contribution is 2.14. The molecule has 15 heavy (non-hydrogen) atoms. The average Bonchev–Trinajstić information content (AvgIpc) is 2.17. The van der Waals surface area contributed by atoms with Crippen LogP contribution in [-0.2, 0) is 11.2 Å². The van der Waals surface area contributed by atoms with Gasteiger partial charge in [0.2, 0.25) is 0 Å². The van der Waals surface area contributed by atoms with Crippen molar-refractivity contribution in [2.24, 2.45) is 5.92 Å². The van der Waals surface area contributed by atoms with Crippen LogP contribution >= 0.6 is 0 Å². The summed E-state index contributed by atoms with van der Waals surface area (Å²) in [6.07, 6.45) is 5.73. The average molecular weight is 207 g/mol. The fourth-order valence-electron chi connectivity index (χ4n) is 1.68. The molecule has 1 atom stereocenters. The summed E-state index contributed by atoms with van der Waals surface area (Å²) in [6.45, 7) is 3.97. The first kappa shape index (κ1) is 11.7. The van der Waals surface area contributed by atoms with Crippen LogP contribution in [0.4, 0.5) is 0 Å². The second-order valence-corrected chi connectivity index (χ2v) is 3.90. The number of aromatic nitrogens is 1. The monoisotopic (exact) mass is 207 g/mol. The molecule has 1 rings (SSSR count). The maximum Gasteiger partial charge on any atom is 0.306 e. The third kappa shape index (κ3) is 3.70. The summed E-state index contributed by atoms with van der Waals surface area (Å²) in [5.41, 5.74) is 2.09. The normalized spacial score (nSPS) is 12.4. The molecule has 1 heterocycles. The van der Waals surface area contributed by atoms with Gasteiger partial charge in [-0.3, -0.25) is 9.78 Å². The Bertz CT molecular complexity index is 336. The summed E-state index contributed by atoms with van der Waals surface area (Å²) in [7, 11) is 0. The molecular weight excluding hydrogens is 190 g/mol. The molecule has 0 spiro atoms. The van der Waals surface area contributed by atoms with E-state index < -0.39 is 5.97 Å². The molecule has 3 nitrogen and oxygen atoms in total. The second-order valence-electron chi connectivity index (χ2n) is 3.90. The smallest absolute Gasteiger partial charge is 0.306 e. The van der Waals surface area contributed by atoms with Gasteiger partial charge in [0.1, 0.15) is 0 Å². The zero-order valence-electron chi connectivity index (χ0n) is 9.23. The summed E-state index contributed by atoms with van der Waals surface area (Å²) in [5, 5.41) is 9.01. The summed E-state index contributed by atoms with van der Waals surface area (Å²) < 4.78 is 0. The van der Waals surface area contributed by atoms with Crippen LogP contribution in [-0.4, -0.2) is 16.1 Å². The van der Waals surface area contributed by atoms with Crippen molar-refractivity contribution in [1.82, 2.24) is 4.98 Å². The van der Waals surface area contributed by atoms with Crippen LogP contribution in [0.25, 0.3) is 0 Å². The van der Waals surface area contributed by atoms with Gasteiger partial charge >= 0.3 is 5.97 Å². The number of carbonyl (C=O) groups is 1. The Labute approximate surface area is 90.2 Å². The number of nitrogens with zero attached hydrogens (tertiary/aromatic N) is 1. The molecule has 1 N–H and O–H groups in total. The van der Waals surface area contributed by atoms with Gasteiger partial charge in [0, 0.05) is 12.4 Å². The maximum absolute atomic E-state index is 11.0. The van der Waals surface area contributed by atoms with Crippen LogP contribution in [0.1, 0.15) is 30.9 Å². The van der Waals surface area contributed by atoms with Gasteiger partial charge in [-0.2, -0.15) is 0 Å². The summed E-state index contributed by atoms with van der Waals surface area (Å²) in [5.74, 6) is -0.989. The maximum atomic E-state index is 11.0. The Kier molecular flexibility index (Phi) is 4.28. The third-order valence-corrected chi connectivity index (χ3v) is 2.40. The van der Waals surface area contributed by atoms with Crippen molar-refractivity contribution in [3.8, 4) is 0 Å². The number of hydrogen-bond acceptors (Lipinski definition) is 2. The van der Waals surface area contributed by atoms with E-state index in [1.807, 2.05) is 19.9 Å². The van der Waals surface area contributed by atoms with Crippen molar-refractivity contribution in [2.45, 2.75) is 33.1 Å². The Morgan fingerprint density at radius 1 is 1.53 bits per heavy atom. The van der Waals surface area contributed by atoms with E-state index in [-0.39, 0.29) is 5.92 Å². The quantitative estimate of drug-likeness (QED) is 0.806. The molecule has 0 aromatic carbocycles. The van der Waals surface area contributed by atoms with Gasteiger partial charge in [-0.05, 0) is 30.9 Å². The molecule has 1 aromatic rings. The molecule has 0 fully saturated rings. The molecule has 1 aromatic heterocycles. The predicted octanol–water partition coefficient (Wildman–Crippen LogP) is 2.43. The van der Waals surface area contributed by atoms with E-state index in [1.54, 1.807) is 12.4 Å². The van der Waals surface area contributed by atoms with Crippen molar-refractivity contribution in [3.63, 3.8) is 0 Å². The lowest BCUT2D eigenvalue weighted by Crippen LogP contribution is -2.16. The van der Waals surface area contributed by atoms with E-state index >= 15 is 0 Å². The van der Waals surface area contributed by atoms with E-state index in [0.717, 1.165) is 24.0 Å². The van der Waals surface area contributed by atoms with Crippen molar-refractivity contribution < 1.29 is 9.90 Å². The molecule has 0 saturated carbocycles. The Morgan fingerprint density at radius 2 is 2.27 bits per heavy atom. The lowest BCUT2D eigenvalue weighted by atomic mass is 9.95. The van der Waals surface area contributed by atoms with Crippen molar-refractivity contribution in [3.05, 3.63) is 29.6 Å². The van der Waals surface area contributed by atoms with Crippen LogP contribution < -0.4 is 0 Å². The summed E-state index contributed by atoms with van der Waals surface area (Å²) >= 11 is 0. The van der Waals surface area contributed by atoms with Gasteiger partial charge in [0.25, 0.3) is 0 Å². The zero-order chi connectivity index (χ0) is 11.3. The molecule has 0 radical (unpaired) electrons. The lowest BCUT2D eigenvalue weighted by molar-refractivity contribution is -0.141. The first-order chi connectivity index (χ1) is 7.13. The number of carboxylic acid groups (broad SMARTS) is 1. The molecule has 0 aliphatic carbocycles. The SMILES string of the molecule is CCCC(Cc1cncc(C)c1)C(=O)O. The van der Waals surface area contributed by atoms with Gasteiger partial charge in [-0.25, -0.2) is 0 Å². The van der Waals surface area contributed by atoms with E-state index in [9.17, 15) is 4.79 Å². The van der Waals surface area contributed by atoms with Gasteiger partial charge in [-0.1, -0.05) is 19.4 Å². The van der Waals surface area contributed by atoms with Gasteiger partial charge < -0.3 is 5.11 Å². The number of pyridine rings is 1. The van der Waals surface area contributed by atoms with E-state index in [1.165, 1.54) is 0 Å². The van der Waals surface area contributed by atoms with Crippen LogP contribution in [0.15, 0.2) is 18.5 Å². The number of aliphatic carboxylic acids is 1. The first-order valence-corrected chi connectivity index (χ1v) is 5.26. The van der Waals surface area contributed by atoms with Crippen molar-refractivity contribution in [2.75, 3.05) is 0 Å². The van der Waals surface area contributed by atoms with E-state index in [0.29, 0.717) is 6.42 Å². The van der Waals surface area contributed by atoms with Gasteiger partial charge in [-0.15, -0.1) is 0 Å². The van der Waals surface area contributed by atoms with E-state index in [4.69, 9.17) is 5.11 Å². The second kappa shape index (κ2) is 5.49. The minimum atomic E-state index is -0.710. The predicted molar refractivity (Wildman–Crippen MR) is 58.7 cm³/mol. The number of hydrogen-bond donors (Lipinski definition) is 1. The molecule has 0 aliphatic heterocycles. The molecule has 1 unspecified atom stereocenters. The zero-order valence-corrected chi connectivity index (χ0v) is 9.23. The number of rotatable bonds is 5. The standard InChI is InChI=1S/C12H17NO2/c1-3-4-11(12(14)15)6-10-5-9(2)7-13-8-10/h5,7-8,11H,3-4,6H2,1-2H3,(H,14,15). The fraction of sp³-hybridized carbons (Fsp3) is 0.500. The largest absolute Gasteiger partial charge is 0.481 e. The molecule has 0 saturated heterocycles. The van der Waals surface area contributed by atoms with Gasteiger partial charge in [0.15, 0.2) is 0 Å². The molecule has 0 amide bonds. The molecule has 82 valence electrons. The van der Waals surface area contributed by atoms with Gasteiger partial charge in [0.05, 0.1) is 5.92 Å². The summed E-state index contributed by atoms with van der Waals surface area (Å²) in [4.78, 5) is 15.0. The lowest BCUT2D eigenvalue weighted by Gasteiger charge is -2.10. The highest BCUT2D eigenvalue weighted by atomic mass is 16.4. The molecule has 3 heteroatoms. The molecular formula is C12H17NO2. The highest BCUT2D eigenvalue weighted by Gasteiger charge is 2.16. The Balaban J connectivity index is 2.69. The summed E-state index contributed by atoms with van der Waals surface area (Å²) in [6, 6.07) is 2.00. The third-order valence-electron chi connectivity index (χ3n) is 2.40. The Hall–Kier alpha value is -1.38. The van der Waals surface area contributed by atoms with Crippen LogP contribution in [0, 0.1) is 12.8 Å². The number of carboxylic acids is 1. The van der Waals surface area contributed by atoms with Crippen molar-refractivity contribution in [1.29, 1.82) is 0 Å². The fourth-order valence-corrected chi connectivity index (χ4v) is 1.68. The Morgan fingerprint density at radius 3 is 2.80 bits per heavy atom. The first-order valence-electron chi connectivity index (χ1n) is 5.26. The topological polar surface area (TPSA) is 50.2 Å². The number of aryl methyl sites for hydroxylation is 1. The van der Waals surface area contributed by atoms with Crippen molar-refractivity contribution >= 4 is 5.97 Å². The van der Waals surface area contributed by atoms with Crippen LogP contribution in [0.3, 0.4) is 0 Å². The minimum Gasteiger partial charge on any atom is -0.481 e. The molecule has 0 aliphatic rings. The van der Waals surface area contributed by atoms with Crippen LogP contribution in [0.5, 0.6) is 0 Å². The van der Waals surface area contributed by atoms with E-state index in [2.05, 4.69) is 4.98 Å².